The average molecular weight is 252 g/mol. The smallest absolute Gasteiger partial charge is 0.320 e. The molecule has 4 heteroatoms. The minimum Gasteiger partial charge on any atom is -0.480 e. The number of nitrogens with two attached hydrogens (primary N) is 2. The normalized spacial score (nSPS) is 11.7. The molecule has 4 nitrogen and oxygen atoms in total. The van der Waals surface area contributed by atoms with Crippen LogP contribution in [-0.2, 0) is 4.79 Å². The Hall–Kier alpha value is -1.55. The maximum atomic E-state index is 10.1. The fourth-order valence-electron chi connectivity index (χ4n) is 1.62. The van der Waals surface area contributed by atoms with Gasteiger partial charge in [-0.2, -0.15) is 0 Å². The molecular formula is C14H24N2O2. The predicted molar refractivity (Wildman–Crippen MR) is 75.4 cm³/mol. The molecule has 1 aromatic carbocycles. The van der Waals surface area contributed by atoms with Gasteiger partial charge >= 0.3 is 5.97 Å². The summed E-state index contributed by atoms with van der Waals surface area (Å²) < 4.78 is 0. The van der Waals surface area contributed by atoms with E-state index in [0.29, 0.717) is 12.3 Å². The second-order valence-corrected chi connectivity index (χ2v) is 5.00. The van der Waals surface area contributed by atoms with Gasteiger partial charge in [-0.05, 0) is 49.4 Å². The summed E-state index contributed by atoms with van der Waals surface area (Å²) in [6.07, 6.45) is 0.551. The highest BCUT2D eigenvalue weighted by molar-refractivity contribution is 5.72. The van der Waals surface area contributed by atoms with E-state index in [1.54, 1.807) is 0 Å². The summed E-state index contributed by atoms with van der Waals surface area (Å²) in [5.41, 5.74) is 14.1. The molecular weight excluding hydrogens is 228 g/mol. The highest BCUT2D eigenvalue weighted by Crippen LogP contribution is 2.08. The third kappa shape index (κ3) is 7.68. The Bertz CT molecular complexity index is 339. The van der Waals surface area contributed by atoms with Gasteiger partial charge in [0.1, 0.15) is 6.04 Å². The Morgan fingerprint density at radius 2 is 1.67 bits per heavy atom. The number of nitrogen functional groups attached to an aromatic ring is 1. The largest absolute Gasteiger partial charge is 0.480 e. The van der Waals surface area contributed by atoms with Gasteiger partial charge in [-0.15, -0.1) is 0 Å². The molecule has 0 aliphatic heterocycles. The number of carboxylic acids is 1. The summed E-state index contributed by atoms with van der Waals surface area (Å²) in [6, 6.07) is 5.35. The topological polar surface area (TPSA) is 89.3 Å². The van der Waals surface area contributed by atoms with Crippen LogP contribution in [0.1, 0.15) is 31.4 Å². The van der Waals surface area contributed by atoms with Gasteiger partial charge in [0.2, 0.25) is 0 Å². The summed E-state index contributed by atoms with van der Waals surface area (Å²) in [5.74, 6) is -0.556. The second kappa shape index (κ2) is 7.71. The Balaban J connectivity index is 0.000000321. The highest BCUT2D eigenvalue weighted by atomic mass is 16.4. The molecule has 0 spiro atoms. The molecule has 0 radical (unpaired) electrons. The average Bonchev–Trinajstić information content (AvgIpc) is 2.14. The van der Waals surface area contributed by atoms with E-state index < -0.39 is 12.0 Å². The SMILES string of the molecule is CC(C)CC(N)C(=O)O.Cc1cc(C)cc(N)c1. The van der Waals surface area contributed by atoms with Crippen molar-refractivity contribution in [3.8, 4) is 0 Å². The summed E-state index contributed by atoms with van der Waals surface area (Å²) in [7, 11) is 0. The lowest BCUT2D eigenvalue weighted by Crippen LogP contribution is -2.31. The van der Waals surface area contributed by atoms with Crippen molar-refractivity contribution in [1.29, 1.82) is 0 Å². The van der Waals surface area contributed by atoms with Crippen LogP contribution in [0.3, 0.4) is 0 Å². The number of aryl methyl sites for hydroxylation is 2. The molecule has 0 heterocycles. The number of anilines is 1. The summed E-state index contributed by atoms with van der Waals surface area (Å²) in [5, 5.41) is 8.31. The van der Waals surface area contributed by atoms with Crippen molar-refractivity contribution in [1.82, 2.24) is 0 Å². The fraction of sp³-hybridized carbons (Fsp3) is 0.500. The standard InChI is InChI=1S/C8H11N.C6H13NO2/c1-6-3-7(2)5-8(9)4-6;1-4(2)3-5(7)6(8)9/h3-5H,9H2,1-2H3;4-5H,3,7H2,1-2H3,(H,8,9). The lowest BCUT2D eigenvalue weighted by molar-refractivity contribution is -0.138. The molecule has 0 amide bonds. The Labute approximate surface area is 109 Å². The third-order valence-electron chi connectivity index (χ3n) is 2.29. The van der Waals surface area contributed by atoms with E-state index in [1.165, 1.54) is 11.1 Å². The van der Waals surface area contributed by atoms with Crippen LogP contribution in [0, 0.1) is 19.8 Å². The van der Waals surface area contributed by atoms with Crippen molar-refractivity contribution in [2.75, 3.05) is 5.73 Å². The number of benzene rings is 1. The number of aliphatic carboxylic acids is 1. The lowest BCUT2D eigenvalue weighted by atomic mass is 10.1. The number of carbonyl (C=O) groups is 1. The zero-order valence-corrected chi connectivity index (χ0v) is 11.6. The van der Waals surface area contributed by atoms with E-state index in [4.69, 9.17) is 16.6 Å². The molecule has 0 saturated heterocycles. The minimum absolute atomic E-state index is 0.357. The lowest BCUT2D eigenvalue weighted by Gasteiger charge is -2.07. The van der Waals surface area contributed by atoms with E-state index in [0.717, 1.165) is 5.69 Å². The van der Waals surface area contributed by atoms with Crippen LogP contribution < -0.4 is 11.5 Å². The van der Waals surface area contributed by atoms with Gasteiger partial charge in [-0.1, -0.05) is 19.9 Å². The molecule has 1 rings (SSSR count). The van der Waals surface area contributed by atoms with E-state index in [1.807, 2.05) is 39.8 Å². The Kier molecular flexibility index (Phi) is 7.05. The number of hydrogen-bond donors (Lipinski definition) is 3. The third-order valence-corrected chi connectivity index (χ3v) is 2.29. The molecule has 1 atom stereocenters. The molecule has 5 N–H and O–H groups in total. The van der Waals surface area contributed by atoms with Crippen molar-refractivity contribution in [2.24, 2.45) is 11.7 Å². The molecule has 0 bridgehead atoms. The predicted octanol–water partition coefficient (Wildman–Crippen LogP) is 2.33. The van der Waals surface area contributed by atoms with Gasteiger partial charge in [0, 0.05) is 5.69 Å². The number of carboxylic acid groups (broad SMARTS) is 1. The monoisotopic (exact) mass is 252 g/mol. The molecule has 0 fully saturated rings. The number of hydrogen-bond acceptors (Lipinski definition) is 3. The Morgan fingerprint density at radius 3 is 1.89 bits per heavy atom. The molecule has 18 heavy (non-hydrogen) atoms. The maximum absolute atomic E-state index is 10.1. The molecule has 0 saturated carbocycles. The van der Waals surface area contributed by atoms with E-state index in [2.05, 4.69) is 6.07 Å². The second-order valence-electron chi connectivity index (χ2n) is 5.00. The first-order chi connectivity index (χ1) is 8.22. The zero-order valence-electron chi connectivity index (χ0n) is 11.6. The van der Waals surface area contributed by atoms with Gasteiger partial charge in [0.25, 0.3) is 0 Å². The Morgan fingerprint density at radius 1 is 1.22 bits per heavy atom. The van der Waals surface area contributed by atoms with Gasteiger partial charge in [-0.3, -0.25) is 4.79 Å². The molecule has 0 aliphatic carbocycles. The van der Waals surface area contributed by atoms with Gasteiger partial charge in [0.05, 0.1) is 0 Å². The molecule has 1 unspecified atom stereocenters. The van der Waals surface area contributed by atoms with Crippen molar-refractivity contribution in [3.63, 3.8) is 0 Å². The minimum atomic E-state index is -0.913. The van der Waals surface area contributed by atoms with Gasteiger partial charge in [0.15, 0.2) is 0 Å². The van der Waals surface area contributed by atoms with Crippen LogP contribution in [0.2, 0.25) is 0 Å². The first-order valence-electron chi connectivity index (χ1n) is 6.04. The van der Waals surface area contributed by atoms with Crippen molar-refractivity contribution in [3.05, 3.63) is 29.3 Å². The van der Waals surface area contributed by atoms with Crippen LogP contribution in [0.15, 0.2) is 18.2 Å². The van der Waals surface area contributed by atoms with E-state index >= 15 is 0 Å². The fourth-order valence-corrected chi connectivity index (χ4v) is 1.62. The van der Waals surface area contributed by atoms with Crippen LogP contribution in [-0.4, -0.2) is 17.1 Å². The van der Waals surface area contributed by atoms with Crippen LogP contribution in [0.25, 0.3) is 0 Å². The summed E-state index contributed by atoms with van der Waals surface area (Å²) >= 11 is 0. The van der Waals surface area contributed by atoms with E-state index in [-0.39, 0.29) is 0 Å². The van der Waals surface area contributed by atoms with Gasteiger partial charge < -0.3 is 16.6 Å². The zero-order chi connectivity index (χ0) is 14.3. The van der Waals surface area contributed by atoms with Crippen molar-refractivity contribution < 1.29 is 9.90 Å². The van der Waals surface area contributed by atoms with Crippen LogP contribution >= 0.6 is 0 Å². The molecule has 0 aliphatic rings. The first kappa shape index (κ1) is 16.4. The van der Waals surface area contributed by atoms with E-state index in [9.17, 15) is 4.79 Å². The molecule has 102 valence electrons. The summed E-state index contributed by atoms with van der Waals surface area (Å²) in [6.45, 7) is 7.98. The first-order valence-corrected chi connectivity index (χ1v) is 6.04. The number of rotatable bonds is 3. The quantitative estimate of drug-likeness (QED) is 0.720. The van der Waals surface area contributed by atoms with Crippen molar-refractivity contribution in [2.45, 2.75) is 40.2 Å². The highest BCUT2D eigenvalue weighted by Gasteiger charge is 2.11. The maximum Gasteiger partial charge on any atom is 0.320 e. The molecule has 0 aromatic heterocycles. The van der Waals surface area contributed by atoms with Gasteiger partial charge in [-0.25, -0.2) is 0 Å². The van der Waals surface area contributed by atoms with Crippen molar-refractivity contribution >= 4 is 11.7 Å². The molecule has 1 aromatic rings. The van der Waals surface area contributed by atoms with Crippen LogP contribution in [0.4, 0.5) is 5.69 Å². The summed E-state index contributed by atoms with van der Waals surface area (Å²) in [4.78, 5) is 10.1. The van der Waals surface area contributed by atoms with Crippen LogP contribution in [0.5, 0.6) is 0 Å².